The molecule has 1 N–H and O–H groups in total. The summed E-state index contributed by atoms with van der Waals surface area (Å²) in [5.74, 6) is 2.32. The quantitative estimate of drug-likeness (QED) is 0.658. The predicted octanol–water partition coefficient (Wildman–Crippen LogP) is 2.90. The Morgan fingerprint density at radius 3 is 2.81 bits per heavy atom. The summed E-state index contributed by atoms with van der Waals surface area (Å²) in [5.41, 5.74) is 0. The van der Waals surface area contributed by atoms with Crippen molar-refractivity contribution in [3.05, 3.63) is 12.2 Å². The Kier molecular flexibility index (Phi) is 4.03. The van der Waals surface area contributed by atoms with E-state index in [1.54, 1.807) is 0 Å². The lowest BCUT2D eigenvalue weighted by atomic mass is 10.1. The van der Waals surface area contributed by atoms with Crippen LogP contribution in [0.25, 0.3) is 0 Å². The molecule has 0 aromatic heterocycles. The fourth-order valence-electron chi connectivity index (χ4n) is 2.23. The van der Waals surface area contributed by atoms with Crippen molar-refractivity contribution < 1.29 is 4.79 Å². The van der Waals surface area contributed by atoms with Crippen LogP contribution >= 0.6 is 0 Å². The van der Waals surface area contributed by atoms with Crippen LogP contribution in [0.2, 0.25) is 0 Å². The van der Waals surface area contributed by atoms with Crippen molar-refractivity contribution in [3.63, 3.8) is 0 Å². The van der Waals surface area contributed by atoms with Gasteiger partial charge < -0.3 is 5.32 Å². The number of hydrogen-bond donors (Lipinski definition) is 1. The van der Waals surface area contributed by atoms with E-state index in [4.69, 9.17) is 0 Å². The smallest absolute Gasteiger partial charge is 0.223 e. The average molecular weight is 221 g/mol. The second kappa shape index (κ2) is 5.51. The van der Waals surface area contributed by atoms with E-state index in [1.807, 2.05) is 0 Å². The molecule has 2 nitrogen and oxygen atoms in total. The number of rotatable bonds is 7. The van der Waals surface area contributed by atoms with Crippen molar-refractivity contribution in [3.8, 4) is 0 Å². The van der Waals surface area contributed by atoms with E-state index in [-0.39, 0.29) is 0 Å². The molecule has 2 aliphatic carbocycles. The molecular weight excluding hydrogens is 198 g/mol. The molecule has 0 aromatic rings. The van der Waals surface area contributed by atoms with Crippen LogP contribution in [0, 0.1) is 17.8 Å². The van der Waals surface area contributed by atoms with Gasteiger partial charge in [-0.25, -0.2) is 0 Å². The molecule has 90 valence electrons. The zero-order valence-electron chi connectivity index (χ0n) is 10.2. The number of carbonyl (C=O) groups excluding carboxylic acids is 1. The third kappa shape index (κ3) is 3.66. The molecular formula is C14H23NO. The molecule has 2 saturated carbocycles. The highest BCUT2D eigenvalue weighted by Gasteiger charge is 2.37. The van der Waals surface area contributed by atoms with Crippen LogP contribution in [0.1, 0.15) is 45.4 Å². The number of hydrogen-bond acceptors (Lipinski definition) is 1. The molecule has 0 heterocycles. The van der Waals surface area contributed by atoms with Gasteiger partial charge in [-0.15, -0.1) is 0 Å². The Morgan fingerprint density at radius 2 is 2.12 bits per heavy atom. The molecule has 2 atom stereocenters. The summed E-state index contributed by atoms with van der Waals surface area (Å²) in [6.07, 6.45) is 11.7. The Balaban J connectivity index is 1.50. The van der Waals surface area contributed by atoms with Gasteiger partial charge in [0, 0.05) is 12.5 Å². The Labute approximate surface area is 98.5 Å². The van der Waals surface area contributed by atoms with E-state index in [1.165, 1.54) is 19.3 Å². The van der Waals surface area contributed by atoms with Gasteiger partial charge in [0.25, 0.3) is 0 Å². The van der Waals surface area contributed by atoms with Crippen molar-refractivity contribution in [2.45, 2.75) is 45.4 Å². The highest BCUT2D eigenvalue weighted by molar-refractivity contribution is 5.80. The standard InChI is InChI=1S/C14H23NO/c1-2-3-4-5-6-12-9-13(12)10-15-14(16)11-7-8-11/h3-4,11-13H,2,5-10H2,1H3,(H,15,16). The van der Waals surface area contributed by atoms with Crippen molar-refractivity contribution in [2.75, 3.05) is 6.54 Å². The molecule has 0 aliphatic heterocycles. The second-order valence-electron chi connectivity index (χ2n) is 5.23. The number of amides is 1. The number of carbonyl (C=O) groups is 1. The molecule has 2 unspecified atom stereocenters. The number of allylic oxidation sites excluding steroid dienone is 2. The molecule has 2 heteroatoms. The fraction of sp³-hybridized carbons (Fsp3) is 0.786. The molecule has 0 radical (unpaired) electrons. The van der Waals surface area contributed by atoms with Crippen LogP contribution in [-0.2, 0) is 4.79 Å². The summed E-state index contributed by atoms with van der Waals surface area (Å²) in [6, 6.07) is 0. The van der Waals surface area contributed by atoms with Crippen molar-refractivity contribution >= 4 is 5.91 Å². The van der Waals surface area contributed by atoms with Crippen LogP contribution < -0.4 is 5.32 Å². The molecule has 0 aromatic carbocycles. The maximum absolute atomic E-state index is 11.4. The first-order valence-electron chi connectivity index (χ1n) is 6.74. The van der Waals surface area contributed by atoms with Crippen LogP contribution in [0.15, 0.2) is 12.2 Å². The summed E-state index contributed by atoms with van der Waals surface area (Å²) in [7, 11) is 0. The molecule has 2 fully saturated rings. The lowest BCUT2D eigenvalue weighted by molar-refractivity contribution is -0.122. The fourth-order valence-corrected chi connectivity index (χ4v) is 2.23. The van der Waals surface area contributed by atoms with E-state index < -0.39 is 0 Å². The van der Waals surface area contributed by atoms with Crippen LogP contribution in [-0.4, -0.2) is 12.5 Å². The SMILES string of the molecule is CCC=CCCC1CC1CNC(=O)C1CC1. The van der Waals surface area contributed by atoms with E-state index in [2.05, 4.69) is 24.4 Å². The first kappa shape index (κ1) is 11.7. The highest BCUT2D eigenvalue weighted by Crippen LogP contribution is 2.41. The van der Waals surface area contributed by atoms with Gasteiger partial charge in [0.1, 0.15) is 0 Å². The third-order valence-electron chi connectivity index (χ3n) is 3.66. The van der Waals surface area contributed by atoms with Crippen LogP contribution in [0.4, 0.5) is 0 Å². The van der Waals surface area contributed by atoms with Gasteiger partial charge in [-0.2, -0.15) is 0 Å². The largest absolute Gasteiger partial charge is 0.356 e. The Bertz CT molecular complexity index is 268. The van der Waals surface area contributed by atoms with Gasteiger partial charge in [-0.3, -0.25) is 4.79 Å². The normalized spacial score (nSPS) is 28.3. The van der Waals surface area contributed by atoms with Gasteiger partial charge in [0.15, 0.2) is 0 Å². The first-order valence-corrected chi connectivity index (χ1v) is 6.74. The van der Waals surface area contributed by atoms with Gasteiger partial charge in [0.05, 0.1) is 0 Å². The monoisotopic (exact) mass is 221 g/mol. The van der Waals surface area contributed by atoms with Crippen molar-refractivity contribution in [1.29, 1.82) is 0 Å². The van der Waals surface area contributed by atoms with Gasteiger partial charge in [-0.1, -0.05) is 19.1 Å². The van der Waals surface area contributed by atoms with E-state index in [0.29, 0.717) is 11.8 Å². The van der Waals surface area contributed by atoms with E-state index in [0.717, 1.165) is 37.6 Å². The summed E-state index contributed by atoms with van der Waals surface area (Å²) >= 11 is 0. The van der Waals surface area contributed by atoms with Gasteiger partial charge in [-0.05, 0) is 50.4 Å². The average Bonchev–Trinajstić information content (AvgIpc) is 3.15. The molecule has 0 saturated heterocycles. The maximum Gasteiger partial charge on any atom is 0.223 e. The minimum Gasteiger partial charge on any atom is -0.356 e. The molecule has 0 bridgehead atoms. The van der Waals surface area contributed by atoms with Gasteiger partial charge >= 0.3 is 0 Å². The summed E-state index contributed by atoms with van der Waals surface area (Å²) < 4.78 is 0. The first-order chi connectivity index (χ1) is 7.81. The van der Waals surface area contributed by atoms with E-state index in [9.17, 15) is 4.79 Å². The zero-order valence-corrected chi connectivity index (χ0v) is 10.2. The zero-order chi connectivity index (χ0) is 11.4. The second-order valence-corrected chi connectivity index (χ2v) is 5.23. The van der Waals surface area contributed by atoms with Crippen molar-refractivity contribution in [1.82, 2.24) is 5.32 Å². The minimum absolute atomic E-state index is 0.302. The summed E-state index contributed by atoms with van der Waals surface area (Å²) in [5, 5.41) is 3.08. The van der Waals surface area contributed by atoms with Crippen LogP contribution in [0.3, 0.4) is 0 Å². The molecule has 1 amide bonds. The maximum atomic E-state index is 11.4. The summed E-state index contributed by atoms with van der Waals surface area (Å²) in [6.45, 7) is 3.10. The number of nitrogens with one attached hydrogen (secondary N) is 1. The molecule has 2 rings (SSSR count). The van der Waals surface area contributed by atoms with Crippen LogP contribution in [0.5, 0.6) is 0 Å². The molecule has 2 aliphatic rings. The lowest BCUT2D eigenvalue weighted by Crippen LogP contribution is -2.27. The molecule has 0 spiro atoms. The lowest BCUT2D eigenvalue weighted by Gasteiger charge is -2.02. The highest BCUT2D eigenvalue weighted by atomic mass is 16.2. The van der Waals surface area contributed by atoms with E-state index >= 15 is 0 Å². The Hall–Kier alpha value is -0.790. The molecule has 16 heavy (non-hydrogen) atoms. The Morgan fingerprint density at radius 1 is 1.31 bits per heavy atom. The summed E-state index contributed by atoms with van der Waals surface area (Å²) in [4.78, 5) is 11.4. The van der Waals surface area contributed by atoms with Gasteiger partial charge in [0.2, 0.25) is 5.91 Å². The topological polar surface area (TPSA) is 29.1 Å². The van der Waals surface area contributed by atoms with Crippen molar-refractivity contribution in [2.24, 2.45) is 17.8 Å². The minimum atomic E-state index is 0.302. The third-order valence-corrected chi connectivity index (χ3v) is 3.66. The predicted molar refractivity (Wildman–Crippen MR) is 66.0 cm³/mol.